The highest BCUT2D eigenvalue weighted by atomic mass is 16.5. The fourth-order valence-electron chi connectivity index (χ4n) is 4.28. The predicted molar refractivity (Wildman–Crippen MR) is 120 cm³/mol. The van der Waals surface area contributed by atoms with Crippen molar-refractivity contribution in [3.05, 3.63) is 30.2 Å². The van der Waals surface area contributed by atoms with Crippen LogP contribution < -0.4 is 15.4 Å². The molecule has 1 fully saturated rings. The Morgan fingerprint density at radius 2 is 2.12 bits per heavy atom. The predicted octanol–water partition coefficient (Wildman–Crippen LogP) is 1.61. The van der Waals surface area contributed by atoms with Crippen LogP contribution in [0.15, 0.2) is 24.4 Å². The lowest BCUT2D eigenvalue weighted by Crippen LogP contribution is -2.35. The molecule has 1 aliphatic rings. The highest BCUT2D eigenvalue weighted by molar-refractivity contribution is 5.95. The summed E-state index contributed by atoms with van der Waals surface area (Å²) in [5.74, 6) is 2.59. The van der Waals surface area contributed by atoms with Gasteiger partial charge in [0.1, 0.15) is 11.3 Å². The first-order valence-corrected chi connectivity index (χ1v) is 10.7. The molecule has 0 radical (unpaired) electrons. The van der Waals surface area contributed by atoms with Crippen molar-refractivity contribution < 1.29 is 9.84 Å². The van der Waals surface area contributed by atoms with Crippen molar-refractivity contribution in [2.24, 2.45) is 0 Å². The molecule has 11 nitrogen and oxygen atoms in total. The maximum atomic E-state index is 10.0. The van der Waals surface area contributed by atoms with E-state index in [2.05, 4.69) is 20.2 Å². The van der Waals surface area contributed by atoms with Gasteiger partial charge < -0.3 is 20.5 Å². The summed E-state index contributed by atoms with van der Waals surface area (Å²) in [4.78, 5) is 11.5. The van der Waals surface area contributed by atoms with Crippen LogP contribution in [0.3, 0.4) is 0 Å². The van der Waals surface area contributed by atoms with E-state index < -0.39 is 5.60 Å². The number of nitrogens with zero attached hydrogens (tertiary/aromatic N) is 8. The van der Waals surface area contributed by atoms with Crippen molar-refractivity contribution >= 4 is 28.3 Å². The van der Waals surface area contributed by atoms with E-state index in [0.717, 1.165) is 43.0 Å². The van der Waals surface area contributed by atoms with Crippen LogP contribution in [0.25, 0.3) is 16.6 Å². The summed E-state index contributed by atoms with van der Waals surface area (Å²) in [5.41, 5.74) is 6.70. The van der Waals surface area contributed by atoms with E-state index in [1.807, 2.05) is 24.4 Å². The second-order valence-corrected chi connectivity index (χ2v) is 8.90. The maximum absolute atomic E-state index is 10.0. The van der Waals surface area contributed by atoms with Gasteiger partial charge in [-0.2, -0.15) is 4.52 Å². The van der Waals surface area contributed by atoms with Gasteiger partial charge in [0, 0.05) is 24.4 Å². The van der Waals surface area contributed by atoms with Crippen LogP contribution in [-0.4, -0.2) is 65.5 Å². The second kappa shape index (κ2) is 7.59. The zero-order chi connectivity index (χ0) is 22.5. The molecule has 168 valence electrons. The molecule has 1 aliphatic heterocycles. The third kappa shape index (κ3) is 3.68. The third-order valence-electron chi connectivity index (χ3n) is 5.71. The Bertz CT molecular complexity index is 1270. The molecule has 0 spiro atoms. The van der Waals surface area contributed by atoms with Gasteiger partial charge in [-0.15, -0.1) is 10.2 Å². The Kier molecular flexibility index (Phi) is 4.85. The van der Waals surface area contributed by atoms with E-state index >= 15 is 0 Å². The number of benzene rings is 1. The fraction of sp³-hybridized carbons (Fsp3) is 0.476. The van der Waals surface area contributed by atoms with E-state index in [1.54, 1.807) is 30.2 Å². The van der Waals surface area contributed by atoms with Gasteiger partial charge in [-0.25, -0.2) is 14.6 Å². The number of hydrogen-bond donors (Lipinski definition) is 2. The minimum absolute atomic E-state index is 0.128. The van der Waals surface area contributed by atoms with Crippen LogP contribution in [0.5, 0.6) is 5.75 Å². The molecule has 0 amide bonds. The van der Waals surface area contributed by atoms with Crippen molar-refractivity contribution in [3.63, 3.8) is 0 Å². The first-order chi connectivity index (χ1) is 15.3. The Morgan fingerprint density at radius 3 is 2.91 bits per heavy atom. The maximum Gasteiger partial charge on any atom is 0.223 e. The summed E-state index contributed by atoms with van der Waals surface area (Å²) < 4.78 is 8.72. The molecule has 1 atom stereocenters. The Balaban J connectivity index is 1.45. The molecule has 0 saturated carbocycles. The number of aromatic nitrogens is 7. The smallest absolute Gasteiger partial charge is 0.223 e. The van der Waals surface area contributed by atoms with Crippen LogP contribution in [0, 0.1) is 0 Å². The van der Waals surface area contributed by atoms with E-state index in [0.29, 0.717) is 23.5 Å². The minimum Gasteiger partial charge on any atom is -0.494 e. The lowest BCUT2D eigenvalue weighted by molar-refractivity contribution is 0.0571. The first kappa shape index (κ1) is 20.4. The van der Waals surface area contributed by atoms with E-state index in [4.69, 9.17) is 20.6 Å². The van der Waals surface area contributed by atoms with Crippen molar-refractivity contribution in [3.8, 4) is 5.75 Å². The van der Waals surface area contributed by atoms with Gasteiger partial charge in [0.05, 0.1) is 25.5 Å². The summed E-state index contributed by atoms with van der Waals surface area (Å²) in [5, 5.41) is 24.1. The van der Waals surface area contributed by atoms with E-state index in [9.17, 15) is 5.11 Å². The zero-order valence-electron chi connectivity index (χ0n) is 18.4. The molecule has 4 aromatic rings. The molecule has 0 unspecified atom stereocenters. The van der Waals surface area contributed by atoms with Crippen LogP contribution in [-0.2, 0) is 6.54 Å². The SMILES string of the molecule is COc1cccc2c1nc(N)n1nc([C@@H]3CCCN(c4cn(CC(C)(C)O)nn4)C3)nc21. The van der Waals surface area contributed by atoms with Gasteiger partial charge in [0.25, 0.3) is 0 Å². The normalized spacial score (nSPS) is 17.4. The average Bonchev–Trinajstić information content (AvgIpc) is 3.40. The molecule has 1 saturated heterocycles. The molecule has 0 bridgehead atoms. The quantitative estimate of drug-likeness (QED) is 0.478. The minimum atomic E-state index is -0.852. The third-order valence-corrected chi connectivity index (χ3v) is 5.71. The van der Waals surface area contributed by atoms with Gasteiger partial charge in [0.15, 0.2) is 17.3 Å². The standard InChI is InChI=1S/C21H27N9O2/c1-21(2,31)12-29-11-16(25-27-29)28-9-5-6-13(10-28)18-24-19-14-7-4-8-15(32-3)17(14)23-20(22)30(19)26-18/h4,7-8,11,13,31H,5-6,9-10,12H2,1-3H3,(H2,22,23)/t13-/m1/s1. The van der Waals surface area contributed by atoms with Gasteiger partial charge in [-0.1, -0.05) is 11.3 Å². The molecule has 11 heteroatoms. The lowest BCUT2D eigenvalue weighted by atomic mass is 9.97. The van der Waals surface area contributed by atoms with Crippen molar-refractivity contribution in [1.82, 2.24) is 34.6 Å². The van der Waals surface area contributed by atoms with Crippen LogP contribution >= 0.6 is 0 Å². The highest BCUT2D eigenvalue weighted by Gasteiger charge is 2.28. The van der Waals surface area contributed by atoms with E-state index in [-0.39, 0.29) is 11.9 Å². The molecule has 3 aromatic heterocycles. The number of methoxy groups -OCH3 is 1. The number of fused-ring (bicyclic) bond motifs is 3. The summed E-state index contributed by atoms with van der Waals surface area (Å²) >= 11 is 0. The molecule has 4 heterocycles. The lowest BCUT2D eigenvalue weighted by Gasteiger charge is -2.31. The van der Waals surface area contributed by atoms with Crippen LogP contribution in [0.4, 0.5) is 11.8 Å². The molecule has 5 rings (SSSR count). The molecule has 1 aromatic carbocycles. The fourth-order valence-corrected chi connectivity index (χ4v) is 4.28. The monoisotopic (exact) mass is 437 g/mol. The molecule has 32 heavy (non-hydrogen) atoms. The van der Waals surface area contributed by atoms with Crippen molar-refractivity contribution in [2.75, 3.05) is 30.8 Å². The summed E-state index contributed by atoms with van der Waals surface area (Å²) in [6, 6.07) is 5.71. The number of hydrogen-bond acceptors (Lipinski definition) is 9. The van der Waals surface area contributed by atoms with E-state index in [1.165, 1.54) is 0 Å². The van der Waals surface area contributed by atoms with Gasteiger partial charge >= 0.3 is 0 Å². The second-order valence-electron chi connectivity index (χ2n) is 8.90. The summed E-state index contributed by atoms with van der Waals surface area (Å²) in [6.07, 6.45) is 3.83. The number of rotatable bonds is 5. The van der Waals surface area contributed by atoms with Crippen LogP contribution in [0.1, 0.15) is 38.4 Å². The number of para-hydroxylation sites is 1. The van der Waals surface area contributed by atoms with Crippen LogP contribution in [0.2, 0.25) is 0 Å². The number of nitrogens with two attached hydrogens (primary N) is 1. The number of nitrogen functional groups attached to an aromatic ring is 1. The zero-order valence-corrected chi connectivity index (χ0v) is 18.4. The number of piperidine rings is 1. The molecule has 0 aliphatic carbocycles. The van der Waals surface area contributed by atoms with Gasteiger partial charge in [-0.05, 0) is 38.8 Å². The Labute approximate surface area is 184 Å². The number of ether oxygens (including phenoxy) is 1. The summed E-state index contributed by atoms with van der Waals surface area (Å²) in [6.45, 7) is 5.50. The molecular weight excluding hydrogens is 410 g/mol. The van der Waals surface area contributed by atoms with Crippen molar-refractivity contribution in [2.45, 2.75) is 44.8 Å². The molecule has 3 N–H and O–H groups in total. The Hall–Kier alpha value is -3.47. The first-order valence-electron chi connectivity index (χ1n) is 10.7. The molecular formula is C21H27N9O2. The average molecular weight is 438 g/mol. The number of anilines is 2. The highest BCUT2D eigenvalue weighted by Crippen LogP contribution is 2.31. The topological polar surface area (TPSA) is 133 Å². The Morgan fingerprint density at radius 1 is 1.28 bits per heavy atom. The summed E-state index contributed by atoms with van der Waals surface area (Å²) in [7, 11) is 1.61. The van der Waals surface area contributed by atoms with Gasteiger partial charge in [0.2, 0.25) is 5.95 Å². The van der Waals surface area contributed by atoms with Crippen molar-refractivity contribution in [1.29, 1.82) is 0 Å². The number of aliphatic hydroxyl groups is 1. The van der Waals surface area contributed by atoms with Gasteiger partial charge in [-0.3, -0.25) is 0 Å². The largest absolute Gasteiger partial charge is 0.494 e.